The van der Waals surface area contributed by atoms with Gasteiger partial charge in [-0.05, 0) is 34.7 Å². The summed E-state index contributed by atoms with van der Waals surface area (Å²) in [7, 11) is 0. The van der Waals surface area contributed by atoms with Gasteiger partial charge in [0, 0.05) is 23.2 Å². The number of alkyl halides is 1. The average Bonchev–Trinajstić information content (AvgIpc) is 2.77. The van der Waals surface area contributed by atoms with Gasteiger partial charge in [0.05, 0.1) is 0 Å². The third-order valence-electron chi connectivity index (χ3n) is 3.34. The molecule has 0 saturated heterocycles. The van der Waals surface area contributed by atoms with Crippen LogP contribution in [0.1, 0.15) is 25.8 Å². The van der Waals surface area contributed by atoms with Crippen LogP contribution in [0.5, 0.6) is 0 Å². The molecule has 0 saturated carbocycles. The number of hydrogen-bond acceptors (Lipinski definition) is 2. The molecule has 98 valence electrons. The van der Waals surface area contributed by atoms with Crippen molar-refractivity contribution in [3.63, 3.8) is 0 Å². The molecule has 0 amide bonds. The van der Waals surface area contributed by atoms with Gasteiger partial charge in [-0.1, -0.05) is 32.0 Å². The first kappa shape index (κ1) is 13.9. The first-order valence-corrected chi connectivity index (χ1v) is 7.88. The Morgan fingerprint density at radius 3 is 2.78 bits per heavy atom. The zero-order valence-electron chi connectivity index (χ0n) is 10.9. The lowest BCUT2D eigenvalue weighted by molar-refractivity contribution is 0.389. The van der Waals surface area contributed by atoms with Crippen LogP contribution < -0.4 is 5.32 Å². The SMILES string of the molecule is CC(C)C(CCCl)NCc1csc2ccccc12. The summed E-state index contributed by atoms with van der Waals surface area (Å²) in [6.07, 6.45) is 1.03. The van der Waals surface area contributed by atoms with E-state index in [0.29, 0.717) is 12.0 Å². The van der Waals surface area contributed by atoms with Crippen LogP contribution in [0.3, 0.4) is 0 Å². The minimum atomic E-state index is 0.501. The largest absolute Gasteiger partial charge is 0.310 e. The topological polar surface area (TPSA) is 12.0 Å². The first-order chi connectivity index (χ1) is 8.72. The summed E-state index contributed by atoms with van der Waals surface area (Å²) >= 11 is 7.68. The van der Waals surface area contributed by atoms with E-state index in [0.717, 1.165) is 18.8 Å². The van der Waals surface area contributed by atoms with E-state index >= 15 is 0 Å². The van der Waals surface area contributed by atoms with Crippen LogP contribution in [0.2, 0.25) is 0 Å². The average molecular weight is 282 g/mol. The maximum Gasteiger partial charge on any atom is 0.0346 e. The zero-order valence-corrected chi connectivity index (χ0v) is 12.5. The number of rotatable bonds is 6. The normalized spacial score (nSPS) is 13.3. The molecule has 0 spiro atoms. The number of thiophene rings is 1. The van der Waals surface area contributed by atoms with Crippen molar-refractivity contribution in [2.24, 2.45) is 5.92 Å². The highest BCUT2D eigenvalue weighted by Gasteiger charge is 2.12. The van der Waals surface area contributed by atoms with Gasteiger partial charge in [-0.3, -0.25) is 0 Å². The second kappa shape index (κ2) is 6.55. The van der Waals surface area contributed by atoms with Crippen LogP contribution in [-0.4, -0.2) is 11.9 Å². The quantitative estimate of drug-likeness (QED) is 0.761. The molecule has 1 N–H and O–H groups in total. The van der Waals surface area contributed by atoms with E-state index < -0.39 is 0 Å². The van der Waals surface area contributed by atoms with Gasteiger partial charge in [-0.15, -0.1) is 22.9 Å². The van der Waals surface area contributed by atoms with Crippen molar-refractivity contribution in [1.29, 1.82) is 0 Å². The van der Waals surface area contributed by atoms with Crippen molar-refractivity contribution < 1.29 is 0 Å². The Labute approximate surface area is 118 Å². The Morgan fingerprint density at radius 1 is 1.28 bits per heavy atom. The van der Waals surface area contributed by atoms with Crippen molar-refractivity contribution in [2.45, 2.75) is 32.9 Å². The molecule has 1 nitrogen and oxygen atoms in total. The molecular formula is C15H20ClNS. The summed E-state index contributed by atoms with van der Waals surface area (Å²) in [5.41, 5.74) is 1.40. The molecule has 1 aromatic carbocycles. The predicted octanol–water partition coefficient (Wildman–Crippen LogP) is 4.64. The Kier molecular flexibility index (Phi) is 5.04. The van der Waals surface area contributed by atoms with Crippen molar-refractivity contribution >= 4 is 33.0 Å². The van der Waals surface area contributed by atoms with Crippen molar-refractivity contribution in [3.05, 3.63) is 35.2 Å². The third kappa shape index (κ3) is 3.25. The van der Waals surface area contributed by atoms with Crippen LogP contribution >= 0.6 is 22.9 Å². The minimum absolute atomic E-state index is 0.501. The lowest BCUT2D eigenvalue weighted by Gasteiger charge is -2.21. The molecule has 18 heavy (non-hydrogen) atoms. The van der Waals surface area contributed by atoms with Crippen LogP contribution in [0, 0.1) is 5.92 Å². The van der Waals surface area contributed by atoms with Gasteiger partial charge in [0.2, 0.25) is 0 Å². The summed E-state index contributed by atoms with van der Waals surface area (Å²) in [4.78, 5) is 0. The smallest absolute Gasteiger partial charge is 0.0346 e. The summed E-state index contributed by atoms with van der Waals surface area (Å²) in [6.45, 7) is 5.43. The number of hydrogen-bond donors (Lipinski definition) is 1. The maximum absolute atomic E-state index is 5.86. The van der Waals surface area contributed by atoms with E-state index in [1.54, 1.807) is 0 Å². The number of nitrogens with one attached hydrogen (secondary N) is 1. The lowest BCUT2D eigenvalue weighted by Crippen LogP contribution is -2.33. The van der Waals surface area contributed by atoms with Gasteiger partial charge < -0.3 is 5.32 Å². The second-order valence-corrected chi connectivity index (χ2v) is 6.26. The van der Waals surface area contributed by atoms with Gasteiger partial charge in [0.15, 0.2) is 0 Å². The van der Waals surface area contributed by atoms with E-state index in [9.17, 15) is 0 Å². The van der Waals surface area contributed by atoms with Crippen molar-refractivity contribution in [3.8, 4) is 0 Å². The molecule has 1 aromatic heterocycles. The summed E-state index contributed by atoms with van der Waals surface area (Å²) in [5, 5.41) is 7.27. The Morgan fingerprint density at radius 2 is 2.06 bits per heavy atom. The van der Waals surface area contributed by atoms with Gasteiger partial charge in [0.25, 0.3) is 0 Å². The summed E-state index contributed by atoms with van der Waals surface area (Å²) in [6, 6.07) is 9.09. The predicted molar refractivity (Wildman–Crippen MR) is 82.6 cm³/mol. The highest BCUT2D eigenvalue weighted by molar-refractivity contribution is 7.17. The summed E-state index contributed by atoms with van der Waals surface area (Å²) < 4.78 is 1.37. The molecule has 0 aliphatic heterocycles. The Balaban J connectivity index is 2.05. The maximum atomic E-state index is 5.86. The van der Waals surface area contributed by atoms with Gasteiger partial charge in [-0.2, -0.15) is 0 Å². The molecule has 0 radical (unpaired) electrons. The molecule has 0 fully saturated rings. The Bertz CT molecular complexity index is 492. The number of benzene rings is 1. The Hall–Kier alpha value is -0.570. The van der Waals surface area contributed by atoms with E-state index in [1.807, 2.05) is 11.3 Å². The van der Waals surface area contributed by atoms with Crippen LogP contribution in [-0.2, 0) is 6.54 Å². The molecule has 1 heterocycles. The van der Waals surface area contributed by atoms with Crippen LogP contribution in [0.25, 0.3) is 10.1 Å². The molecule has 3 heteroatoms. The zero-order chi connectivity index (χ0) is 13.0. The lowest BCUT2D eigenvalue weighted by atomic mass is 10.0. The van der Waals surface area contributed by atoms with Crippen LogP contribution in [0.15, 0.2) is 29.6 Å². The fourth-order valence-electron chi connectivity index (χ4n) is 2.20. The molecular weight excluding hydrogens is 262 g/mol. The highest BCUT2D eigenvalue weighted by Crippen LogP contribution is 2.25. The fraction of sp³-hybridized carbons (Fsp3) is 0.467. The summed E-state index contributed by atoms with van der Waals surface area (Å²) in [5.74, 6) is 1.34. The number of halogens is 1. The van der Waals surface area contributed by atoms with Gasteiger partial charge >= 0.3 is 0 Å². The highest BCUT2D eigenvalue weighted by atomic mass is 35.5. The van der Waals surface area contributed by atoms with Crippen LogP contribution in [0.4, 0.5) is 0 Å². The van der Waals surface area contributed by atoms with Gasteiger partial charge in [0.1, 0.15) is 0 Å². The van der Waals surface area contributed by atoms with Gasteiger partial charge in [-0.25, -0.2) is 0 Å². The molecule has 1 unspecified atom stereocenters. The number of fused-ring (bicyclic) bond motifs is 1. The van der Waals surface area contributed by atoms with Crippen molar-refractivity contribution in [2.75, 3.05) is 5.88 Å². The molecule has 2 aromatic rings. The third-order valence-corrected chi connectivity index (χ3v) is 4.57. The standard InChI is InChI=1S/C15H20ClNS/c1-11(2)14(7-8-16)17-9-12-10-18-15-6-4-3-5-13(12)15/h3-6,10-11,14,17H,7-9H2,1-2H3. The second-order valence-electron chi connectivity index (χ2n) is 4.97. The molecule has 2 rings (SSSR count). The molecule has 0 aliphatic rings. The molecule has 0 aliphatic carbocycles. The molecule has 0 bridgehead atoms. The first-order valence-electron chi connectivity index (χ1n) is 6.47. The monoisotopic (exact) mass is 281 g/mol. The fourth-order valence-corrected chi connectivity index (χ4v) is 3.40. The van der Waals surface area contributed by atoms with E-state index in [1.165, 1.54) is 15.6 Å². The van der Waals surface area contributed by atoms with E-state index in [2.05, 4.69) is 48.8 Å². The molecule has 1 atom stereocenters. The van der Waals surface area contributed by atoms with E-state index in [4.69, 9.17) is 11.6 Å². The van der Waals surface area contributed by atoms with E-state index in [-0.39, 0.29) is 0 Å². The minimum Gasteiger partial charge on any atom is -0.310 e. The van der Waals surface area contributed by atoms with Crippen molar-refractivity contribution in [1.82, 2.24) is 5.32 Å².